The summed E-state index contributed by atoms with van der Waals surface area (Å²) in [6, 6.07) is 13.8. The zero-order valence-corrected chi connectivity index (χ0v) is 16.2. The van der Waals surface area contributed by atoms with Crippen molar-refractivity contribution in [1.82, 2.24) is 24.5 Å². The van der Waals surface area contributed by atoms with Crippen molar-refractivity contribution in [2.75, 3.05) is 13.1 Å². The molecular formula is C20H18BrN5O. The molecule has 6 nitrogen and oxygen atoms in total. The molecule has 4 aromatic rings. The van der Waals surface area contributed by atoms with Crippen LogP contribution in [0.3, 0.4) is 0 Å². The van der Waals surface area contributed by atoms with Crippen LogP contribution in [0.1, 0.15) is 35.1 Å². The number of benzene rings is 1. The summed E-state index contributed by atoms with van der Waals surface area (Å²) in [5.41, 5.74) is 2.45. The summed E-state index contributed by atoms with van der Waals surface area (Å²) in [7, 11) is 0. The van der Waals surface area contributed by atoms with Crippen LogP contribution in [0.5, 0.6) is 0 Å². The van der Waals surface area contributed by atoms with E-state index < -0.39 is 0 Å². The first-order valence-electron chi connectivity index (χ1n) is 9.06. The van der Waals surface area contributed by atoms with Gasteiger partial charge in [0.1, 0.15) is 11.5 Å². The Balaban J connectivity index is 1.42. The summed E-state index contributed by atoms with van der Waals surface area (Å²) >= 11 is 3.48. The number of fused-ring (bicyclic) bond motifs is 2. The molecule has 0 spiro atoms. The lowest BCUT2D eigenvalue weighted by Gasteiger charge is -2.31. The Labute approximate surface area is 164 Å². The van der Waals surface area contributed by atoms with Gasteiger partial charge in [-0.1, -0.05) is 22.0 Å². The van der Waals surface area contributed by atoms with Gasteiger partial charge in [-0.25, -0.2) is 0 Å². The van der Waals surface area contributed by atoms with Gasteiger partial charge in [-0.15, -0.1) is 10.2 Å². The number of amides is 1. The number of aromatic amines is 1. The van der Waals surface area contributed by atoms with Crippen molar-refractivity contribution >= 4 is 38.4 Å². The number of nitrogens with zero attached hydrogens (tertiary/aromatic N) is 4. The highest BCUT2D eigenvalue weighted by atomic mass is 79.9. The zero-order valence-electron chi connectivity index (χ0n) is 14.6. The summed E-state index contributed by atoms with van der Waals surface area (Å²) in [6.45, 7) is 1.43. The zero-order chi connectivity index (χ0) is 18.4. The summed E-state index contributed by atoms with van der Waals surface area (Å²) in [6.07, 6.45) is 3.96. The van der Waals surface area contributed by atoms with Crippen LogP contribution in [0.25, 0.3) is 16.6 Å². The van der Waals surface area contributed by atoms with Crippen LogP contribution < -0.4 is 0 Å². The lowest BCUT2D eigenvalue weighted by Crippen LogP contribution is -2.39. The van der Waals surface area contributed by atoms with Gasteiger partial charge in [-0.05, 0) is 49.2 Å². The molecule has 0 unspecified atom stereocenters. The Morgan fingerprint density at radius 3 is 3.04 bits per heavy atom. The molecule has 1 N–H and O–H groups in total. The molecule has 1 aliphatic rings. The molecule has 5 rings (SSSR count). The maximum absolute atomic E-state index is 13.1. The predicted molar refractivity (Wildman–Crippen MR) is 107 cm³/mol. The second-order valence-electron chi connectivity index (χ2n) is 6.99. The van der Waals surface area contributed by atoms with Crippen molar-refractivity contribution in [2.45, 2.75) is 18.8 Å². The molecular weight excluding hydrogens is 406 g/mol. The van der Waals surface area contributed by atoms with Gasteiger partial charge in [0.05, 0.1) is 0 Å². The minimum Gasteiger partial charge on any atom is -0.351 e. The standard InChI is InChI=1S/C20H18BrN5O/c21-15-6-7-16-14(10-15)11-17(22-16)20(27)25-8-3-4-13(12-25)19-24-23-18-5-1-2-9-26(18)19/h1-2,5-7,9-11,13,22H,3-4,8,12H2/t13-/m1/s1. The molecule has 1 saturated heterocycles. The largest absolute Gasteiger partial charge is 0.351 e. The van der Waals surface area contributed by atoms with E-state index in [1.165, 1.54) is 0 Å². The Hall–Kier alpha value is -2.67. The molecule has 3 aromatic heterocycles. The van der Waals surface area contributed by atoms with Gasteiger partial charge in [0.15, 0.2) is 5.65 Å². The van der Waals surface area contributed by atoms with Crippen molar-refractivity contribution in [3.63, 3.8) is 0 Å². The highest BCUT2D eigenvalue weighted by Gasteiger charge is 2.29. The van der Waals surface area contributed by atoms with E-state index in [9.17, 15) is 4.79 Å². The van der Waals surface area contributed by atoms with Gasteiger partial charge in [0.2, 0.25) is 0 Å². The molecule has 1 atom stereocenters. The normalized spacial score (nSPS) is 17.7. The smallest absolute Gasteiger partial charge is 0.270 e. The van der Waals surface area contributed by atoms with Crippen molar-refractivity contribution < 1.29 is 4.79 Å². The third kappa shape index (κ3) is 2.92. The number of hydrogen-bond donors (Lipinski definition) is 1. The summed E-state index contributed by atoms with van der Waals surface area (Å²) in [5, 5.41) is 9.68. The van der Waals surface area contributed by atoms with Gasteiger partial charge in [0, 0.05) is 40.6 Å². The first-order valence-corrected chi connectivity index (χ1v) is 9.85. The Morgan fingerprint density at radius 1 is 1.19 bits per heavy atom. The average Bonchev–Trinajstić information content (AvgIpc) is 3.31. The van der Waals surface area contributed by atoms with E-state index in [2.05, 4.69) is 31.1 Å². The van der Waals surface area contributed by atoms with E-state index in [0.29, 0.717) is 12.2 Å². The quantitative estimate of drug-likeness (QED) is 0.529. The van der Waals surface area contributed by atoms with Gasteiger partial charge in [-0.3, -0.25) is 9.20 Å². The molecule has 7 heteroatoms. The summed E-state index contributed by atoms with van der Waals surface area (Å²) in [5.74, 6) is 1.17. The fraction of sp³-hybridized carbons (Fsp3) is 0.250. The molecule has 0 saturated carbocycles. The molecule has 1 aliphatic heterocycles. The number of carbonyl (C=O) groups excluding carboxylic acids is 1. The minimum absolute atomic E-state index is 0.0424. The Kier molecular flexibility index (Phi) is 3.97. The lowest BCUT2D eigenvalue weighted by molar-refractivity contribution is 0.0699. The topological polar surface area (TPSA) is 66.3 Å². The van der Waals surface area contributed by atoms with Crippen molar-refractivity contribution in [1.29, 1.82) is 0 Å². The van der Waals surface area contributed by atoms with Gasteiger partial charge < -0.3 is 9.88 Å². The number of H-pyrrole nitrogens is 1. The predicted octanol–water partition coefficient (Wildman–Crippen LogP) is 3.99. The summed E-state index contributed by atoms with van der Waals surface area (Å²) in [4.78, 5) is 18.3. The highest BCUT2D eigenvalue weighted by Crippen LogP contribution is 2.28. The maximum atomic E-state index is 13.1. The van der Waals surface area contributed by atoms with Crippen LogP contribution in [0.15, 0.2) is 53.1 Å². The maximum Gasteiger partial charge on any atom is 0.270 e. The SMILES string of the molecule is O=C(c1cc2cc(Br)ccc2[nH]1)N1CCC[C@@H](c2nnc3ccccn23)C1. The van der Waals surface area contributed by atoms with Gasteiger partial charge in [0.25, 0.3) is 5.91 Å². The molecule has 0 bridgehead atoms. The molecule has 0 radical (unpaired) electrons. The van der Waals surface area contributed by atoms with Crippen molar-refractivity contribution in [2.24, 2.45) is 0 Å². The molecule has 1 amide bonds. The van der Waals surface area contributed by atoms with E-state index in [-0.39, 0.29) is 11.8 Å². The van der Waals surface area contributed by atoms with E-state index in [1.807, 2.05) is 58.0 Å². The van der Waals surface area contributed by atoms with E-state index in [0.717, 1.165) is 46.2 Å². The molecule has 27 heavy (non-hydrogen) atoms. The number of likely N-dealkylation sites (tertiary alicyclic amines) is 1. The van der Waals surface area contributed by atoms with Crippen LogP contribution in [0, 0.1) is 0 Å². The second-order valence-corrected chi connectivity index (χ2v) is 7.91. The highest BCUT2D eigenvalue weighted by molar-refractivity contribution is 9.10. The first kappa shape index (κ1) is 16.5. The van der Waals surface area contributed by atoms with Crippen LogP contribution in [0.4, 0.5) is 0 Å². The number of carbonyl (C=O) groups is 1. The van der Waals surface area contributed by atoms with E-state index in [1.54, 1.807) is 0 Å². The number of aromatic nitrogens is 4. The molecule has 1 fully saturated rings. The second kappa shape index (κ2) is 6.49. The summed E-state index contributed by atoms with van der Waals surface area (Å²) < 4.78 is 3.03. The Bertz CT molecular complexity index is 1150. The number of nitrogens with one attached hydrogen (secondary N) is 1. The van der Waals surface area contributed by atoms with Crippen LogP contribution in [0.2, 0.25) is 0 Å². The first-order chi connectivity index (χ1) is 13.2. The number of hydrogen-bond acceptors (Lipinski definition) is 3. The molecule has 1 aromatic carbocycles. The van der Waals surface area contributed by atoms with Crippen LogP contribution in [-0.4, -0.2) is 43.5 Å². The fourth-order valence-electron chi connectivity index (χ4n) is 3.90. The van der Waals surface area contributed by atoms with E-state index in [4.69, 9.17) is 0 Å². The van der Waals surface area contributed by atoms with Crippen LogP contribution in [-0.2, 0) is 0 Å². The lowest BCUT2D eigenvalue weighted by atomic mass is 9.97. The molecule has 4 heterocycles. The fourth-order valence-corrected chi connectivity index (χ4v) is 4.28. The van der Waals surface area contributed by atoms with Crippen LogP contribution >= 0.6 is 15.9 Å². The average molecular weight is 424 g/mol. The molecule has 0 aliphatic carbocycles. The van der Waals surface area contributed by atoms with Crippen molar-refractivity contribution in [3.05, 3.63) is 64.7 Å². The van der Waals surface area contributed by atoms with Gasteiger partial charge in [-0.2, -0.15) is 0 Å². The Morgan fingerprint density at radius 2 is 2.11 bits per heavy atom. The van der Waals surface area contributed by atoms with Crippen molar-refractivity contribution in [3.8, 4) is 0 Å². The van der Waals surface area contributed by atoms with Gasteiger partial charge >= 0.3 is 0 Å². The number of piperidine rings is 1. The number of pyridine rings is 1. The molecule has 136 valence electrons. The third-order valence-electron chi connectivity index (χ3n) is 5.23. The monoisotopic (exact) mass is 423 g/mol. The van der Waals surface area contributed by atoms with E-state index >= 15 is 0 Å². The minimum atomic E-state index is 0.0424. The third-order valence-corrected chi connectivity index (χ3v) is 5.72. The number of halogens is 1. The number of rotatable bonds is 2.